The van der Waals surface area contributed by atoms with E-state index >= 15 is 0 Å². The fourth-order valence-electron chi connectivity index (χ4n) is 2.39. The number of nitrogens with zero attached hydrogens (tertiary/aromatic N) is 3. The first-order chi connectivity index (χ1) is 12.5. The number of anilines is 2. The number of rotatable bonds is 5. The van der Waals surface area contributed by atoms with Gasteiger partial charge in [-0.3, -0.25) is 4.79 Å². The molecule has 0 atom stereocenters. The van der Waals surface area contributed by atoms with Crippen molar-refractivity contribution in [2.45, 2.75) is 6.54 Å². The minimum Gasteiger partial charge on any atom is -0.340 e. The molecule has 5 nitrogen and oxygen atoms in total. The lowest BCUT2D eigenvalue weighted by atomic mass is 10.2. The molecule has 0 saturated carbocycles. The molecule has 1 amide bonds. The van der Waals surface area contributed by atoms with Gasteiger partial charge in [-0.15, -0.1) is 0 Å². The van der Waals surface area contributed by atoms with Crippen LogP contribution in [-0.2, 0) is 6.54 Å². The maximum absolute atomic E-state index is 13.3. The van der Waals surface area contributed by atoms with Crippen molar-refractivity contribution in [3.05, 3.63) is 83.8 Å². The van der Waals surface area contributed by atoms with Crippen molar-refractivity contribution in [1.29, 1.82) is 0 Å². The van der Waals surface area contributed by atoms with E-state index in [1.165, 1.54) is 18.5 Å². The van der Waals surface area contributed by atoms with E-state index in [9.17, 15) is 13.6 Å². The molecule has 1 heterocycles. The molecule has 0 unspecified atom stereocenters. The maximum Gasteiger partial charge on any atom is 0.272 e. The molecule has 26 heavy (non-hydrogen) atoms. The Morgan fingerprint density at radius 3 is 2.54 bits per heavy atom. The highest BCUT2D eigenvalue weighted by atomic mass is 19.2. The highest BCUT2D eigenvalue weighted by molar-refractivity contribution is 5.92. The summed E-state index contributed by atoms with van der Waals surface area (Å²) in [4.78, 5) is 22.1. The van der Waals surface area contributed by atoms with Gasteiger partial charge in [-0.05, 0) is 17.7 Å². The van der Waals surface area contributed by atoms with Gasteiger partial charge >= 0.3 is 0 Å². The van der Waals surface area contributed by atoms with Gasteiger partial charge in [-0.1, -0.05) is 30.3 Å². The van der Waals surface area contributed by atoms with Gasteiger partial charge in [0.25, 0.3) is 5.91 Å². The molecule has 3 aromatic rings. The number of hydrogen-bond donors (Lipinski definition) is 1. The van der Waals surface area contributed by atoms with E-state index in [-0.39, 0.29) is 11.6 Å². The molecule has 0 aliphatic heterocycles. The van der Waals surface area contributed by atoms with Gasteiger partial charge in [-0.2, -0.15) is 0 Å². The predicted molar refractivity (Wildman–Crippen MR) is 93.9 cm³/mol. The monoisotopic (exact) mass is 354 g/mol. The molecule has 0 bridgehead atoms. The van der Waals surface area contributed by atoms with Crippen LogP contribution in [-0.4, -0.2) is 27.8 Å². The van der Waals surface area contributed by atoms with Crippen molar-refractivity contribution in [3.63, 3.8) is 0 Å². The molecule has 1 N–H and O–H groups in total. The van der Waals surface area contributed by atoms with Crippen LogP contribution in [0.15, 0.2) is 60.9 Å². The largest absolute Gasteiger partial charge is 0.340 e. The van der Waals surface area contributed by atoms with Crippen LogP contribution < -0.4 is 5.32 Å². The molecule has 132 valence electrons. The number of amides is 1. The third kappa shape index (κ3) is 4.18. The quantitative estimate of drug-likeness (QED) is 0.758. The minimum atomic E-state index is -0.969. The van der Waals surface area contributed by atoms with Gasteiger partial charge in [0.1, 0.15) is 17.8 Å². The Morgan fingerprint density at radius 2 is 1.81 bits per heavy atom. The minimum absolute atomic E-state index is 0.198. The Balaban J connectivity index is 1.73. The summed E-state index contributed by atoms with van der Waals surface area (Å²) in [6.07, 6.45) is 1.24. The summed E-state index contributed by atoms with van der Waals surface area (Å²) < 4.78 is 26.3. The molecule has 0 aliphatic rings. The number of carbonyl (C=O) groups excluding carboxylic acids is 1. The molecule has 0 spiro atoms. The van der Waals surface area contributed by atoms with E-state index < -0.39 is 11.6 Å². The van der Waals surface area contributed by atoms with Crippen LogP contribution in [0.1, 0.15) is 16.1 Å². The molecule has 7 heteroatoms. The first-order valence-corrected chi connectivity index (χ1v) is 7.86. The molecule has 0 radical (unpaired) electrons. The third-order valence-corrected chi connectivity index (χ3v) is 3.69. The van der Waals surface area contributed by atoms with Crippen LogP contribution in [0.2, 0.25) is 0 Å². The van der Waals surface area contributed by atoms with Crippen molar-refractivity contribution >= 4 is 17.4 Å². The standard InChI is InChI=1S/C19H16F2N4O/c1-25(11-13-5-3-2-4-6-13)19(26)17-10-18(23-12-22-17)24-14-7-8-15(20)16(21)9-14/h2-10,12H,11H2,1H3,(H,22,23,24). The van der Waals surface area contributed by atoms with Crippen LogP contribution in [0.25, 0.3) is 0 Å². The predicted octanol–water partition coefficient (Wildman–Crippen LogP) is 3.77. The molecule has 0 aliphatic carbocycles. The fraction of sp³-hybridized carbons (Fsp3) is 0.105. The Morgan fingerprint density at radius 1 is 1.04 bits per heavy atom. The number of benzene rings is 2. The van der Waals surface area contributed by atoms with Gasteiger partial charge in [-0.25, -0.2) is 18.7 Å². The van der Waals surface area contributed by atoms with E-state index in [1.54, 1.807) is 11.9 Å². The number of halogens is 2. The van der Waals surface area contributed by atoms with Gasteiger partial charge < -0.3 is 10.2 Å². The van der Waals surface area contributed by atoms with E-state index in [0.717, 1.165) is 17.7 Å². The van der Waals surface area contributed by atoms with Gasteiger partial charge in [0, 0.05) is 31.4 Å². The average molecular weight is 354 g/mol. The molecular formula is C19H16F2N4O. The van der Waals surface area contributed by atoms with Gasteiger partial charge in [0.2, 0.25) is 0 Å². The molecule has 2 aromatic carbocycles. The highest BCUT2D eigenvalue weighted by Gasteiger charge is 2.14. The SMILES string of the molecule is CN(Cc1ccccc1)C(=O)c1cc(Nc2ccc(F)c(F)c2)ncn1. The van der Waals surface area contributed by atoms with Crippen LogP contribution >= 0.6 is 0 Å². The van der Waals surface area contributed by atoms with E-state index in [4.69, 9.17) is 0 Å². The smallest absolute Gasteiger partial charge is 0.272 e. The second-order valence-corrected chi connectivity index (χ2v) is 5.69. The van der Waals surface area contributed by atoms with Gasteiger partial charge in [0.05, 0.1) is 0 Å². The van der Waals surface area contributed by atoms with Gasteiger partial charge in [0.15, 0.2) is 11.6 Å². The van der Waals surface area contributed by atoms with Crippen LogP contribution in [0.3, 0.4) is 0 Å². The number of nitrogens with one attached hydrogen (secondary N) is 1. The van der Waals surface area contributed by atoms with E-state index in [1.807, 2.05) is 30.3 Å². The summed E-state index contributed by atoms with van der Waals surface area (Å²) in [7, 11) is 1.68. The molecule has 0 saturated heterocycles. The number of hydrogen-bond acceptors (Lipinski definition) is 4. The number of carbonyl (C=O) groups is 1. The molecule has 0 fully saturated rings. The highest BCUT2D eigenvalue weighted by Crippen LogP contribution is 2.18. The van der Waals surface area contributed by atoms with Crippen molar-refractivity contribution in [3.8, 4) is 0 Å². The Kier molecular flexibility index (Phi) is 5.17. The summed E-state index contributed by atoms with van der Waals surface area (Å²) in [5.74, 6) is -1.87. The maximum atomic E-state index is 13.3. The van der Waals surface area contributed by atoms with E-state index in [2.05, 4.69) is 15.3 Å². The Labute approximate surface area is 149 Å². The summed E-state index contributed by atoms with van der Waals surface area (Å²) >= 11 is 0. The summed E-state index contributed by atoms with van der Waals surface area (Å²) in [6.45, 7) is 0.440. The average Bonchev–Trinajstić information content (AvgIpc) is 2.65. The van der Waals surface area contributed by atoms with Crippen LogP contribution in [0.5, 0.6) is 0 Å². The Hall–Kier alpha value is -3.35. The lowest BCUT2D eigenvalue weighted by Crippen LogP contribution is -2.27. The van der Waals surface area contributed by atoms with Crippen molar-refractivity contribution in [1.82, 2.24) is 14.9 Å². The summed E-state index contributed by atoms with van der Waals surface area (Å²) in [5, 5.41) is 2.83. The second-order valence-electron chi connectivity index (χ2n) is 5.69. The first kappa shape index (κ1) is 17.5. The van der Waals surface area contributed by atoms with Crippen molar-refractivity contribution in [2.75, 3.05) is 12.4 Å². The fourth-order valence-corrected chi connectivity index (χ4v) is 2.39. The summed E-state index contributed by atoms with van der Waals surface area (Å²) in [5.41, 5.74) is 1.51. The van der Waals surface area contributed by atoms with Crippen molar-refractivity contribution < 1.29 is 13.6 Å². The second kappa shape index (κ2) is 7.69. The zero-order valence-electron chi connectivity index (χ0n) is 14.0. The first-order valence-electron chi connectivity index (χ1n) is 7.86. The number of aromatic nitrogens is 2. The molecule has 1 aromatic heterocycles. The molecular weight excluding hydrogens is 338 g/mol. The zero-order valence-corrected chi connectivity index (χ0v) is 14.0. The topological polar surface area (TPSA) is 58.1 Å². The van der Waals surface area contributed by atoms with Crippen LogP contribution in [0, 0.1) is 11.6 Å². The lowest BCUT2D eigenvalue weighted by Gasteiger charge is -2.17. The van der Waals surface area contributed by atoms with Crippen molar-refractivity contribution in [2.24, 2.45) is 0 Å². The summed E-state index contributed by atoms with van der Waals surface area (Å²) in [6, 6.07) is 14.4. The molecule has 3 rings (SSSR count). The van der Waals surface area contributed by atoms with Crippen LogP contribution in [0.4, 0.5) is 20.3 Å². The zero-order chi connectivity index (χ0) is 18.5. The normalized spacial score (nSPS) is 10.4. The van der Waals surface area contributed by atoms with E-state index in [0.29, 0.717) is 18.1 Å². The Bertz CT molecular complexity index is 918. The lowest BCUT2D eigenvalue weighted by molar-refractivity contribution is 0.0779. The third-order valence-electron chi connectivity index (χ3n) is 3.69.